The minimum absolute atomic E-state index is 0.00409. The third-order valence-electron chi connectivity index (χ3n) is 8.19. The molecule has 1 N–H and O–H groups in total. The average Bonchev–Trinajstić information content (AvgIpc) is 2.79. The van der Waals surface area contributed by atoms with Crippen molar-refractivity contribution in [3.63, 3.8) is 0 Å². The van der Waals surface area contributed by atoms with Gasteiger partial charge in [-0.1, -0.05) is 25.5 Å². The van der Waals surface area contributed by atoms with Crippen LogP contribution in [-0.4, -0.2) is 16.5 Å². The van der Waals surface area contributed by atoms with Crippen molar-refractivity contribution in [2.45, 2.75) is 64.4 Å². The summed E-state index contributed by atoms with van der Waals surface area (Å²) < 4.78 is 0. The largest absolute Gasteiger partial charge is 0.385 e. The van der Waals surface area contributed by atoms with Crippen molar-refractivity contribution < 1.29 is 9.90 Å². The third-order valence-corrected chi connectivity index (χ3v) is 8.19. The molecule has 2 nitrogen and oxygen atoms in total. The van der Waals surface area contributed by atoms with Crippen LogP contribution >= 0.6 is 0 Å². The standard InChI is InChI=1S/C21H30O2/c1-4-21(23)10-8-18-19-13(2)11-14-12-15(22)5-6-16(14)17(19)7-9-20(18,21)3/h4,12-13,16-19,23H,1,5-11H2,2-3H3/t13-,16?,17?,18?,19?,20+,21+/m1/s1. The van der Waals surface area contributed by atoms with Gasteiger partial charge >= 0.3 is 0 Å². The molecule has 3 saturated carbocycles. The van der Waals surface area contributed by atoms with E-state index in [0.717, 1.165) is 44.4 Å². The maximum atomic E-state index is 11.8. The summed E-state index contributed by atoms with van der Waals surface area (Å²) in [4.78, 5) is 11.8. The van der Waals surface area contributed by atoms with E-state index in [-0.39, 0.29) is 5.41 Å². The van der Waals surface area contributed by atoms with E-state index in [4.69, 9.17) is 0 Å². The molecule has 0 spiro atoms. The van der Waals surface area contributed by atoms with Crippen LogP contribution in [0.15, 0.2) is 24.3 Å². The number of allylic oxidation sites excluding steroid dienone is 1. The van der Waals surface area contributed by atoms with Crippen LogP contribution in [0.1, 0.15) is 58.8 Å². The molecule has 0 aromatic carbocycles. The molecule has 4 rings (SSSR count). The second-order valence-corrected chi connectivity index (χ2v) is 8.98. The Bertz CT molecular complexity index is 576. The molecule has 0 aromatic rings. The monoisotopic (exact) mass is 314 g/mol. The van der Waals surface area contributed by atoms with E-state index in [1.54, 1.807) is 0 Å². The zero-order valence-corrected chi connectivity index (χ0v) is 14.6. The summed E-state index contributed by atoms with van der Waals surface area (Å²) in [6.07, 6.45) is 11.0. The summed E-state index contributed by atoms with van der Waals surface area (Å²) in [5.74, 6) is 3.64. The van der Waals surface area contributed by atoms with Gasteiger partial charge in [0.05, 0.1) is 5.60 Å². The van der Waals surface area contributed by atoms with Crippen molar-refractivity contribution in [3.8, 4) is 0 Å². The van der Waals surface area contributed by atoms with E-state index < -0.39 is 5.60 Å². The zero-order valence-electron chi connectivity index (χ0n) is 14.6. The molecule has 0 saturated heterocycles. The van der Waals surface area contributed by atoms with Gasteiger partial charge in [-0.3, -0.25) is 4.79 Å². The van der Waals surface area contributed by atoms with Gasteiger partial charge in [0.2, 0.25) is 0 Å². The van der Waals surface area contributed by atoms with E-state index in [1.807, 2.05) is 12.2 Å². The number of ketones is 1. The molecule has 3 fully saturated rings. The van der Waals surface area contributed by atoms with Crippen LogP contribution in [0, 0.1) is 35.0 Å². The van der Waals surface area contributed by atoms with Gasteiger partial charge in [0, 0.05) is 11.8 Å². The lowest BCUT2D eigenvalue weighted by atomic mass is 9.48. The van der Waals surface area contributed by atoms with Crippen molar-refractivity contribution >= 4 is 5.78 Å². The van der Waals surface area contributed by atoms with Crippen molar-refractivity contribution in [3.05, 3.63) is 24.3 Å². The summed E-state index contributed by atoms with van der Waals surface area (Å²) in [6, 6.07) is 0. The minimum Gasteiger partial charge on any atom is -0.385 e. The van der Waals surface area contributed by atoms with Crippen LogP contribution in [0.4, 0.5) is 0 Å². The molecule has 4 aliphatic carbocycles. The smallest absolute Gasteiger partial charge is 0.155 e. The number of hydrogen-bond donors (Lipinski definition) is 1. The van der Waals surface area contributed by atoms with Gasteiger partial charge in [0.15, 0.2) is 5.78 Å². The molecule has 7 atom stereocenters. The highest BCUT2D eigenvalue weighted by atomic mass is 16.3. The van der Waals surface area contributed by atoms with Crippen LogP contribution in [0.3, 0.4) is 0 Å². The molecule has 0 radical (unpaired) electrons. The van der Waals surface area contributed by atoms with E-state index in [0.29, 0.717) is 29.5 Å². The number of aliphatic hydroxyl groups is 1. The number of rotatable bonds is 1. The first kappa shape index (κ1) is 15.6. The van der Waals surface area contributed by atoms with E-state index in [2.05, 4.69) is 20.4 Å². The Morgan fingerprint density at radius 1 is 1.30 bits per heavy atom. The predicted octanol–water partition coefficient (Wildman–Crippen LogP) is 4.29. The Morgan fingerprint density at radius 2 is 2.09 bits per heavy atom. The fourth-order valence-electron chi connectivity index (χ4n) is 6.98. The zero-order chi connectivity index (χ0) is 16.4. The fourth-order valence-corrected chi connectivity index (χ4v) is 6.98. The minimum atomic E-state index is -0.680. The highest BCUT2D eigenvalue weighted by Gasteiger charge is 2.62. The Kier molecular flexibility index (Phi) is 3.43. The molecule has 23 heavy (non-hydrogen) atoms. The lowest BCUT2D eigenvalue weighted by Gasteiger charge is -2.57. The highest BCUT2D eigenvalue weighted by Crippen LogP contribution is 2.66. The Labute approximate surface area is 140 Å². The van der Waals surface area contributed by atoms with Gasteiger partial charge in [0.1, 0.15) is 0 Å². The first-order valence-electron chi connectivity index (χ1n) is 9.49. The summed E-state index contributed by atoms with van der Waals surface area (Å²) >= 11 is 0. The average molecular weight is 314 g/mol. The molecule has 4 aliphatic rings. The molecule has 0 aliphatic heterocycles. The molecule has 0 heterocycles. The molecule has 4 unspecified atom stereocenters. The van der Waals surface area contributed by atoms with Gasteiger partial charge in [-0.25, -0.2) is 0 Å². The van der Waals surface area contributed by atoms with Crippen LogP contribution in [0.2, 0.25) is 0 Å². The Morgan fingerprint density at radius 3 is 2.83 bits per heavy atom. The number of carbonyl (C=O) groups excluding carboxylic acids is 1. The SMILES string of the molecule is C=C[C@]1(O)CCC2C3C(CC[C@@]21C)C1CCC(=O)C=C1C[C@H]3C. The number of hydrogen-bond acceptors (Lipinski definition) is 2. The van der Waals surface area contributed by atoms with E-state index >= 15 is 0 Å². The van der Waals surface area contributed by atoms with Crippen molar-refractivity contribution in [2.75, 3.05) is 0 Å². The molecule has 0 amide bonds. The predicted molar refractivity (Wildman–Crippen MR) is 91.8 cm³/mol. The van der Waals surface area contributed by atoms with Crippen LogP contribution < -0.4 is 0 Å². The van der Waals surface area contributed by atoms with Gasteiger partial charge in [-0.15, -0.1) is 6.58 Å². The first-order valence-corrected chi connectivity index (χ1v) is 9.49. The van der Waals surface area contributed by atoms with Gasteiger partial charge in [-0.2, -0.15) is 0 Å². The molecule has 2 heteroatoms. The maximum Gasteiger partial charge on any atom is 0.155 e. The lowest BCUT2D eigenvalue weighted by molar-refractivity contribution is -0.118. The van der Waals surface area contributed by atoms with Crippen molar-refractivity contribution in [1.29, 1.82) is 0 Å². The number of fused-ring (bicyclic) bond motifs is 5. The Hall–Kier alpha value is -0.890. The fraction of sp³-hybridized carbons (Fsp3) is 0.762. The van der Waals surface area contributed by atoms with Crippen LogP contribution in [-0.2, 0) is 4.79 Å². The topological polar surface area (TPSA) is 37.3 Å². The first-order chi connectivity index (χ1) is 10.9. The third kappa shape index (κ3) is 2.00. The quantitative estimate of drug-likeness (QED) is 0.733. The molecular weight excluding hydrogens is 284 g/mol. The second-order valence-electron chi connectivity index (χ2n) is 8.98. The van der Waals surface area contributed by atoms with Gasteiger partial charge in [0.25, 0.3) is 0 Å². The summed E-state index contributed by atoms with van der Waals surface area (Å²) in [7, 11) is 0. The van der Waals surface area contributed by atoms with Gasteiger partial charge < -0.3 is 5.11 Å². The highest BCUT2D eigenvalue weighted by molar-refractivity contribution is 5.91. The summed E-state index contributed by atoms with van der Waals surface area (Å²) in [5, 5.41) is 11.1. The van der Waals surface area contributed by atoms with Gasteiger partial charge in [-0.05, 0) is 74.2 Å². The maximum absolute atomic E-state index is 11.8. The van der Waals surface area contributed by atoms with Crippen molar-refractivity contribution in [2.24, 2.45) is 35.0 Å². The molecule has 126 valence electrons. The summed E-state index contributed by atoms with van der Waals surface area (Å²) in [6.45, 7) is 8.64. The molecular formula is C21H30O2. The van der Waals surface area contributed by atoms with Crippen LogP contribution in [0.5, 0.6) is 0 Å². The number of carbonyl (C=O) groups is 1. The second kappa shape index (κ2) is 5.05. The molecule has 0 aromatic heterocycles. The normalized spacial score (nSPS) is 52.2. The summed E-state index contributed by atoms with van der Waals surface area (Å²) in [5.41, 5.74) is 0.757. The van der Waals surface area contributed by atoms with E-state index in [1.165, 1.54) is 12.0 Å². The van der Waals surface area contributed by atoms with Crippen LogP contribution in [0.25, 0.3) is 0 Å². The molecule has 0 bridgehead atoms. The van der Waals surface area contributed by atoms with Crippen molar-refractivity contribution in [1.82, 2.24) is 0 Å². The van der Waals surface area contributed by atoms with E-state index in [9.17, 15) is 9.90 Å². The Balaban J connectivity index is 1.70. The lowest BCUT2D eigenvalue weighted by Crippen LogP contribution is -2.53.